The van der Waals surface area contributed by atoms with E-state index in [9.17, 15) is 14.4 Å². The summed E-state index contributed by atoms with van der Waals surface area (Å²) >= 11 is 0. The molecule has 2 amide bonds. The van der Waals surface area contributed by atoms with E-state index in [-0.39, 0.29) is 24.3 Å². The summed E-state index contributed by atoms with van der Waals surface area (Å²) in [4.78, 5) is 37.5. The Morgan fingerprint density at radius 2 is 1.37 bits per heavy atom. The zero-order valence-electron chi connectivity index (χ0n) is 23.0. The van der Waals surface area contributed by atoms with Crippen LogP contribution in [0.1, 0.15) is 48.1 Å². The van der Waals surface area contributed by atoms with Crippen LogP contribution < -0.4 is 10.6 Å². The van der Waals surface area contributed by atoms with Crippen molar-refractivity contribution in [3.8, 4) is 0 Å². The quantitative estimate of drug-likeness (QED) is 0.170. The van der Waals surface area contributed by atoms with Gasteiger partial charge in [0.1, 0.15) is 6.61 Å². The van der Waals surface area contributed by atoms with Gasteiger partial charge in [-0.15, -0.1) is 0 Å². The van der Waals surface area contributed by atoms with Crippen LogP contribution in [0.3, 0.4) is 0 Å². The Hall–Kier alpha value is -4.91. The molecule has 0 fully saturated rings. The van der Waals surface area contributed by atoms with Crippen LogP contribution in [0.4, 0.5) is 10.5 Å². The van der Waals surface area contributed by atoms with Crippen LogP contribution in [0.15, 0.2) is 103 Å². The summed E-state index contributed by atoms with van der Waals surface area (Å²) in [6, 6.07) is 32.2. The van der Waals surface area contributed by atoms with E-state index >= 15 is 0 Å². The van der Waals surface area contributed by atoms with Gasteiger partial charge in [0, 0.05) is 39.6 Å². The molecule has 4 aromatic carbocycles. The minimum absolute atomic E-state index is 0.123. The highest BCUT2D eigenvalue weighted by atomic mass is 16.5. The van der Waals surface area contributed by atoms with Gasteiger partial charge in [0.25, 0.3) is 5.91 Å². The molecule has 208 valence electrons. The van der Waals surface area contributed by atoms with Gasteiger partial charge in [-0.3, -0.25) is 14.9 Å². The lowest BCUT2D eigenvalue weighted by Crippen LogP contribution is -2.25. The number of nitrogens with zero attached hydrogens (tertiary/aromatic N) is 1. The Bertz CT molecular complexity index is 1610. The number of fused-ring (bicyclic) bond motifs is 3. The molecule has 7 heteroatoms. The molecule has 0 aliphatic carbocycles. The average Bonchev–Trinajstić information content (AvgIpc) is 3.32. The van der Waals surface area contributed by atoms with Crippen molar-refractivity contribution in [2.75, 3.05) is 11.9 Å². The number of anilines is 1. The van der Waals surface area contributed by atoms with Gasteiger partial charge < -0.3 is 14.6 Å². The lowest BCUT2D eigenvalue weighted by atomic mass is 10.1. The van der Waals surface area contributed by atoms with Crippen molar-refractivity contribution in [1.82, 2.24) is 9.88 Å². The molecule has 0 radical (unpaired) electrons. The van der Waals surface area contributed by atoms with Crippen molar-refractivity contribution >= 4 is 45.3 Å². The van der Waals surface area contributed by atoms with E-state index in [4.69, 9.17) is 4.74 Å². The van der Waals surface area contributed by atoms with Gasteiger partial charge in [-0.25, -0.2) is 4.79 Å². The predicted octanol–water partition coefficient (Wildman–Crippen LogP) is 7.27. The summed E-state index contributed by atoms with van der Waals surface area (Å²) in [5.41, 5.74) is 4.06. The zero-order valence-corrected chi connectivity index (χ0v) is 23.0. The Balaban J connectivity index is 1.10. The van der Waals surface area contributed by atoms with Crippen molar-refractivity contribution in [3.63, 3.8) is 0 Å². The minimum Gasteiger partial charge on any atom is -0.444 e. The third-order valence-corrected chi connectivity index (χ3v) is 7.19. The van der Waals surface area contributed by atoms with E-state index in [1.54, 1.807) is 31.2 Å². The largest absolute Gasteiger partial charge is 0.444 e. The molecular formula is C34H33N3O4. The third kappa shape index (κ3) is 6.64. The second kappa shape index (κ2) is 13.0. The molecule has 0 spiro atoms. The van der Waals surface area contributed by atoms with Crippen LogP contribution >= 0.6 is 0 Å². The normalized spacial score (nSPS) is 11.7. The van der Waals surface area contributed by atoms with Gasteiger partial charge in [-0.2, -0.15) is 0 Å². The molecule has 0 bridgehead atoms. The highest BCUT2D eigenvalue weighted by Crippen LogP contribution is 2.33. The fourth-order valence-electron chi connectivity index (χ4n) is 5.15. The molecule has 0 saturated heterocycles. The minimum atomic E-state index is -0.559. The van der Waals surface area contributed by atoms with Gasteiger partial charge in [0.2, 0.25) is 0 Å². The maximum Gasteiger partial charge on any atom is 0.411 e. The Morgan fingerprint density at radius 1 is 0.756 bits per heavy atom. The lowest BCUT2D eigenvalue weighted by Gasteiger charge is -2.19. The number of carbonyl (C=O) groups is 3. The van der Waals surface area contributed by atoms with Gasteiger partial charge in [0.05, 0.1) is 6.04 Å². The average molecular weight is 548 g/mol. The fraction of sp³-hybridized carbons (Fsp3) is 0.206. The molecule has 1 aromatic heterocycles. The van der Waals surface area contributed by atoms with E-state index in [0.29, 0.717) is 24.2 Å². The third-order valence-electron chi connectivity index (χ3n) is 7.19. The molecule has 5 aromatic rings. The van der Waals surface area contributed by atoms with E-state index in [1.807, 2.05) is 54.6 Å². The summed E-state index contributed by atoms with van der Waals surface area (Å²) in [5, 5.41) is 7.91. The first-order chi connectivity index (χ1) is 20.0. The molecule has 0 aliphatic heterocycles. The summed E-state index contributed by atoms with van der Waals surface area (Å²) in [6.07, 6.45) is 1.67. The van der Waals surface area contributed by atoms with Crippen LogP contribution in [-0.2, 0) is 16.1 Å². The van der Waals surface area contributed by atoms with E-state index in [1.165, 1.54) is 0 Å². The van der Waals surface area contributed by atoms with E-state index in [2.05, 4.69) is 39.5 Å². The van der Waals surface area contributed by atoms with Crippen LogP contribution in [0.25, 0.3) is 21.8 Å². The summed E-state index contributed by atoms with van der Waals surface area (Å²) in [6.45, 7) is 2.33. The molecule has 0 aliphatic rings. The van der Waals surface area contributed by atoms with E-state index in [0.717, 1.165) is 40.2 Å². The molecule has 1 heterocycles. The molecular weight excluding hydrogens is 514 g/mol. The lowest BCUT2D eigenvalue weighted by molar-refractivity contribution is -0.120. The highest BCUT2D eigenvalue weighted by molar-refractivity contribution is 6.09. The smallest absolute Gasteiger partial charge is 0.411 e. The van der Waals surface area contributed by atoms with Gasteiger partial charge in [0.15, 0.2) is 5.78 Å². The molecule has 1 atom stereocenters. The first-order valence-corrected chi connectivity index (χ1v) is 13.9. The number of nitrogens with one attached hydrogen (secondary N) is 2. The molecule has 5 rings (SSSR count). The molecule has 41 heavy (non-hydrogen) atoms. The van der Waals surface area contributed by atoms with Crippen molar-refractivity contribution in [1.29, 1.82) is 0 Å². The van der Waals surface area contributed by atoms with Crippen molar-refractivity contribution in [2.24, 2.45) is 0 Å². The van der Waals surface area contributed by atoms with Gasteiger partial charge in [-0.05, 0) is 68.1 Å². The zero-order chi connectivity index (χ0) is 28.6. The molecule has 7 nitrogen and oxygen atoms in total. The first kappa shape index (κ1) is 27.6. The number of unbranched alkanes of at least 4 members (excludes halogenated alkanes) is 1. The molecule has 0 saturated carbocycles. The standard InChI is InChI=1S/C34H33N3O4/c1-24(38)30(37-31-16-7-5-13-28(31)29-14-6-8-17-32(29)37)15-9-10-22-35-33(39)26-18-20-27(21-19-26)36-34(40)41-23-25-11-3-2-4-12-25/h2-8,11-14,16-21,30H,9-10,15,22-23H2,1H3,(H,35,39)(H,36,40)/t30-/m0/s1. The predicted molar refractivity (Wildman–Crippen MR) is 162 cm³/mol. The molecule has 0 unspecified atom stereocenters. The summed E-state index contributed by atoms with van der Waals surface area (Å²) < 4.78 is 7.40. The van der Waals surface area contributed by atoms with E-state index < -0.39 is 6.09 Å². The second-order valence-electron chi connectivity index (χ2n) is 10.0. The van der Waals surface area contributed by atoms with Crippen LogP contribution in [-0.4, -0.2) is 28.9 Å². The number of benzene rings is 4. The Labute approximate surface area is 239 Å². The Morgan fingerprint density at radius 3 is 2.00 bits per heavy atom. The topological polar surface area (TPSA) is 89.4 Å². The van der Waals surface area contributed by atoms with Crippen molar-refractivity contribution in [2.45, 2.75) is 38.8 Å². The fourth-order valence-corrected chi connectivity index (χ4v) is 5.15. The van der Waals surface area contributed by atoms with Gasteiger partial charge >= 0.3 is 6.09 Å². The number of ether oxygens (including phenoxy) is 1. The first-order valence-electron chi connectivity index (χ1n) is 13.9. The van der Waals surface area contributed by atoms with Gasteiger partial charge in [-0.1, -0.05) is 66.7 Å². The number of ketones is 1. The number of Topliss-reactive ketones (excluding diaryl/α,β-unsaturated/α-hetero) is 1. The number of amides is 2. The molecule has 2 N–H and O–H groups in total. The number of aromatic nitrogens is 1. The monoisotopic (exact) mass is 547 g/mol. The summed E-state index contributed by atoms with van der Waals surface area (Å²) in [7, 11) is 0. The van der Waals surface area contributed by atoms with Crippen LogP contribution in [0, 0.1) is 0 Å². The number of hydrogen-bond acceptors (Lipinski definition) is 4. The van der Waals surface area contributed by atoms with Crippen molar-refractivity contribution in [3.05, 3.63) is 114 Å². The van der Waals surface area contributed by atoms with Crippen LogP contribution in [0.5, 0.6) is 0 Å². The maximum atomic E-state index is 12.8. The number of rotatable bonds is 11. The maximum absolute atomic E-state index is 12.8. The number of carbonyl (C=O) groups excluding carboxylic acids is 3. The van der Waals surface area contributed by atoms with Crippen molar-refractivity contribution < 1.29 is 19.1 Å². The Kier molecular flexibility index (Phi) is 8.74. The number of para-hydroxylation sites is 2. The SMILES string of the molecule is CC(=O)[C@H](CCCCNC(=O)c1ccc(NC(=O)OCc2ccccc2)cc1)n1c2ccccc2c2ccccc21. The highest BCUT2D eigenvalue weighted by Gasteiger charge is 2.21. The second-order valence-corrected chi connectivity index (χ2v) is 10.0. The van der Waals surface area contributed by atoms with Crippen LogP contribution in [0.2, 0.25) is 0 Å². The summed E-state index contributed by atoms with van der Waals surface area (Å²) in [5.74, 6) is -0.0630. The number of hydrogen-bond donors (Lipinski definition) is 2.